The van der Waals surface area contributed by atoms with Crippen LogP contribution in [0.4, 0.5) is 5.69 Å². The highest BCUT2D eigenvalue weighted by Crippen LogP contribution is 2.20. The van der Waals surface area contributed by atoms with Gasteiger partial charge in [-0.05, 0) is 47.7 Å². The maximum absolute atomic E-state index is 12.7. The molecule has 2 aromatic heterocycles. The summed E-state index contributed by atoms with van der Waals surface area (Å²) in [5, 5.41) is 14.5. The Bertz CT molecular complexity index is 1350. The summed E-state index contributed by atoms with van der Waals surface area (Å²) in [6.45, 7) is 1.99. The van der Waals surface area contributed by atoms with E-state index in [2.05, 4.69) is 25.8 Å². The minimum absolute atomic E-state index is 0.268. The molecular formula is C19H17N7O3. The molecule has 10 heteroatoms. The summed E-state index contributed by atoms with van der Waals surface area (Å²) < 4.78 is 2.64. The number of aryl methyl sites for hydroxylation is 1. The van der Waals surface area contributed by atoms with Crippen molar-refractivity contribution in [1.82, 2.24) is 29.8 Å². The Kier molecular flexibility index (Phi) is 4.51. The lowest BCUT2D eigenvalue weighted by Crippen LogP contribution is -2.34. The number of amides is 1. The van der Waals surface area contributed by atoms with Crippen LogP contribution in [0.15, 0.2) is 52.1 Å². The van der Waals surface area contributed by atoms with Gasteiger partial charge in [0, 0.05) is 30.4 Å². The quantitative estimate of drug-likeness (QED) is 0.537. The van der Waals surface area contributed by atoms with E-state index in [1.807, 2.05) is 6.07 Å². The van der Waals surface area contributed by atoms with Gasteiger partial charge in [0.1, 0.15) is 0 Å². The molecule has 0 aliphatic carbocycles. The molecule has 0 unspecified atom stereocenters. The van der Waals surface area contributed by atoms with E-state index in [1.54, 1.807) is 38.2 Å². The maximum atomic E-state index is 12.7. The van der Waals surface area contributed by atoms with Crippen LogP contribution in [0.1, 0.15) is 17.3 Å². The number of benzene rings is 2. The first-order chi connectivity index (χ1) is 14.0. The molecular weight excluding hydrogens is 374 g/mol. The molecule has 0 saturated carbocycles. The standard InChI is InChI=1S/C19H17N7O3/c1-3-26-18(28)14-8-7-12(10-15(14)21-19(26)29)17(27)20-13-6-4-5-11(9-13)16-22-23-24-25(16)2/h4-10H,3H2,1-2H3,(H,20,27)(H,21,29). The van der Waals surface area contributed by atoms with Crippen molar-refractivity contribution in [1.29, 1.82) is 0 Å². The van der Waals surface area contributed by atoms with E-state index in [1.165, 1.54) is 16.8 Å². The van der Waals surface area contributed by atoms with Crippen molar-refractivity contribution in [3.8, 4) is 11.4 Å². The van der Waals surface area contributed by atoms with Gasteiger partial charge in [-0.1, -0.05) is 12.1 Å². The van der Waals surface area contributed by atoms with Crippen LogP contribution in [0.3, 0.4) is 0 Å². The van der Waals surface area contributed by atoms with Gasteiger partial charge in [0.25, 0.3) is 11.5 Å². The van der Waals surface area contributed by atoms with Crippen molar-refractivity contribution in [3.63, 3.8) is 0 Å². The van der Waals surface area contributed by atoms with Crippen molar-refractivity contribution >= 4 is 22.5 Å². The highest BCUT2D eigenvalue weighted by Gasteiger charge is 2.12. The first kappa shape index (κ1) is 18.3. The molecule has 0 atom stereocenters. The number of anilines is 1. The van der Waals surface area contributed by atoms with Crippen LogP contribution in [0, 0.1) is 0 Å². The number of nitrogens with zero attached hydrogens (tertiary/aromatic N) is 5. The van der Waals surface area contributed by atoms with Gasteiger partial charge < -0.3 is 10.3 Å². The van der Waals surface area contributed by atoms with E-state index in [9.17, 15) is 14.4 Å². The number of rotatable bonds is 4. The number of carbonyl (C=O) groups excluding carboxylic acids is 1. The number of hydrogen-bond acceptors (Lipinski definition) is 6. The fourth-order valence-corrected chi connectivity index (χ4v) is 3.10. The molecule has 2 aromatic carbocycles. The Morgan fingerprint density at radius 1 is 1.17 bits per heavy atom. The number of aromatic amines is 1. The number of H-pyrrole nitrogens is 1. The Morgan fingerprint density at radius 3 is 2.72 bits per heavy atom. The summed E-state index contributed by atoms with van der Waals surface area (Å²) >= 11 is 0. The summed E-state index contributed by atoms with van der Waals surface area (Å²) in [6, 6.07) is 11.7. The van der Waals surface area contributed by atoms with E-state index in [4.69, 9.17) is 0 Å². The first-order valence-electron chi connectivity index (χ1n) is 8.89. The molecule has 4 aromatic rings. The first-order valence-corrected chi connectivity index (χ1v) is 8.89. The third-order valence-electron chi connectivity index (χ3n) is 4.56. The molecule has 0 fully saturated rings. The minimum atomic E-state index is -0.507. The number of tetrazole rings is 1. The molecule has 4 rings (SSSR count). The molecule has 0 aliphatic heterocycles. The largest absolute Gasteiger partial charge is 0.328 e. The van der Waals surface area contributed by atoms with Gasteiger partial charge in [0.15, 0.2) is 5.82 Å². The zero-order chi connectivity index (χ0) is 20.5. The molecule has 10 nitrogen and oxygen atoms in total. The monoisotopic (exact) mass is 391 g/mol. The second kappa shape index (κ2) is 7.15. The van der Waals surface area contributed by atoms with E-state index < -0.39 is 5.69 Å². The van der Waals surface area contributed by atoms with Crippen molar-refractivity contribution < 1.29 is 4.79 Å². The maximum Gasteiger partial charge on any atom is 0.328 e. The van der Waals surface area contributed by atoms with Crippen molar-refractivity contribution in [2.24, 2.45) is 7.05 Å². The zero-order valence-electron chi connectivity index (χ0n) is 15.7. The van der Waals surface area contributed by atoms with Crippen molar-refractivity contribution in [2.75, 3.05) is 5.32 Å². The number of nitrogens with one attached hydrogen (secondary N) is 2. The van der Waals surface area contributed by atoms with Crippen LogP contribution in [0.2, 0.25) is 0 Å². The molecule has 0 bridgehead atoms. The van der Waals surface area contributed by atoms with E-state index in [-0.39, 0.29) is 18.0 Å². The fraction of sp³-hybridized carbons (Fsp3) is 0.158. The highest BCUT2D eigenvalue weighted by atomic mass is 16.2. The van der Waals surface area contributed by atoms with Gasteiger partial charge in [-0.15, -0.1) is 5.10 Å². The van der Waals surface area contributed by atoms with Gasteiger partial charge in [-0.3, -0.25) is 14.2 Å². The predicted octanol–water partition coefficient (Wildman–Crippen LogP) is 1.15. The van der Waals surface area contributed by atoms with Crippen LogP contribution in [0.25, 0.3) is 22.3 Å². The molecule has 146 valence electrons. The average Bonchev–Trinajstić information content (AvgIpc) is 3.14. The zero-order valence-corrected chi connectivity index (χ0v) is 15.7. The summed E-state index contributed by atoms with van der Waals surface area (Å²) in [7, 11) is 1.73. The van der Waals surface area contributed by atoms with Crippen LogP contribution in [-0.2, 0) is 13.6 Å². The summed E-state index contributed by atoms with van der Waals surface area (Å²) in [5.41, 5.74) is 1.04. The Morgan fingerprint density at radius 2 is 2.00 bits per heavy atom. The van der Waals surface area contributed by atoms with Crippen LogP contribution in [-0.4, -0.2) is 35.7 Å². The van der Waals surface area contributed by atoms with Crippen LogP contribution in [0.5, 0.6) is 0 Å². The van der Waals surface area contributed by atoms with Crippen LogP contribution >= 0.6 is 0 Å². The van der Waals surface area contributed by atoms with E-state index in [0.717, 1.165) is 10.1 Å². The highest BCUT2D eigenvalue weighted by molar-refractivity contribution is 6.06. The number of hydrogen-bond donors (Lipinski definition) is 2. The summed E-state index contributed by atoms with van der Waals surface area (Å²) in [6.07, 6.45) is 0. The molecule has 0 aliphatic rings. The second-order valence-electron chi connectivity index (χ2n) is 6.40. The molecule has 1 amide bonds. The van der Waals surface area contributed by atoms with Gasteiger partial charge in [-0.2, -0.15) is 0 Å². The SMILES string of the molecule is CCn1c(=O)[nH]c2cc(C(=O)Nc3cccc(-c4nnnn4C)c3)ccc2c1=O. The van der Waals surface area contributed by atoms with Crippen LogP contribution < -0.4 is 16.6 Å². The van der Waals surface area contributed by atoms with Gasteiger partial charge in [0.05, 0.1) is 10.9 Å². The lowest BCUT2D eigenvalue weighted by Gasteiger charge is -2.08. The topological polar surface area (TPSA) is 128 Å². The molecule has 2 heterocycles. The summed E-state index contributed by atoms with van der Waals surface area (Å²) in [4.78, 5) is 39.7. The third kappa shape index (κ3) is 3.31. The third-order valence-corrected chi connectivity index (χ3v) is 4.56. The number of fused-ring (bicyclic) bond motifs is 1. The average molecular weight is 391 g/mol. The van der Waals surface area contributed by atoms with Gasteiger partial charge in [0.2, 0.25) is 0 Å². The fourth-order valence-electron chi connectivity index (χ4n) is 3.10. The molecule has 0 spiro atoms. The predicted molar refractivity (Wildman–Crippen MR) is 107 cm³/mol. The summed E-state index contributed by atoms with van der Waals surface area (Å²) in [5.74, 6) is 0.192. The Labute approximate surface area is 163 Å². The smallest absolute Gasteiger partial charge is 0.322 e. The normalized spacial score (nSPS) is 11.0. The Balaban J connectivity index is 1.65. The molecule has 29 heavy (non-hydrogen) atoms. The van der Waals surface area contributed by atoms with Crippen molar-refractivity contribution in [3.05, 3.63) is 68.9 Å². The van der Waals surface area contributed by atoms with Gasteiger partial charge in [-0.25, -0.2) is 9.48 Å². The minimum Gasteiger partial charge on any atom is -0.322 e. The molecule has 2 N–H and O–H groups in total. The van der Waals surface area contributed by atoms with E-state index in [0.29, 0.717) is 28.0 Å². The molecule has 0 saturated heterocycles. The lowest BCUT2D eigenvalue weighted by molar-refractivity contribution is 0.102. The number of aromatic nitrogens is 6. The van der Waals surface area contributed by atoms with Gasteiger partial charge >= 0.3 is 5.69 Å². The number of carbonyl (C=O) groups is 1. The van der Waals surface area contributed by atoms with E-state index >= 15 is 0 Å². The second-order valence-corrected chi connectivity index (χ2v) is 6.40. The van der Waals surface area contributed by atoms with Crippen molar-refractivity contribution in [2.45, 2.75) is 13.5 Å². The molecule has 0 radical (unpaired) electrons. The lowest BCUT2D eigenvalue weighted by atomic mass is 10.1. The Hall–Kier alpha value is -4.08.